The van der Waals surface area contributed by atoms with Crippen LogP contribution in [0.3, 0.4) is 0 Å². The summed E-state index contributed by atoms with van der Waals surface area (Å²) in [4.78, 5) is 2.68. The van der Waals surface area contributed by atoms with Crippen molar-refractivity contribution < 1.29 is 0 Å². The molecule has 0 spiro atoms. The Hall–Kier alpha value is -1.64. The van der Waals surface area contributed by atoms with Gasteiger partial charge in [0.25, 0.3) is 0 Å². The van der Waals surface area contributed by atoms with Crippen molar-refractivity contribution in [3.8, 4) is 0 Å². The number of fused-ring (bicyclic) bond motifs is 2. The molecule has 2 aromatic carbocycles. The molecule has 2 aromatic rings. The minimum atomic E-state index is 0.337. The first kappa shape index (κ1) is 17.8. The Kier molecular flexibility index (Phi) is 5.72. The molecule has 4 rings (SSSR count). The molecule has 0 saturated carbocycles. The fraction of sp³-hybridized carbons (Fsp3) is 0.500. The Morgan fingerprint density at radius 2 is 1.58 bits per heavy atom. The van der Waals surface area contributed by atoms with E-state index < -0.39 is 0 Å². The highest BCUT2D eigenvalue weighted by atomic mass is 15.2. The molecule has 1 heterocycles. The zero-order valence-corrected chi connectivity index (χ0v) is 16.1. The van der Waals surface area contributed by atoms with E-state index in [4.69, 9.17) is 0 Å². The lowest BCUT2D eigenvalue weighted by Gasteiger charge is -2.33. The first-order chi connectivity index (χ1) is 12.8. The van der Waals surface area contributed by atoms with Gasteiger partial charge in [-0.1, -0.05) is 55.0 Å². The van der Waals surface area contributed by atoms with Crippen molar-refractivity contribution >= 4 is 0 Å². The molecule has 2 heteroatoms. The minimum absolute atomic E-state index is 0.337. The van der Waals surface area contributed by atoms with Crippen molar-refractivity contribution in [2.45, 2.75) is 57.5 Å². The van der Waals surface area contributed by atoms with Crippen LogP contribution in [0, 0.1) is 0 Å². The second kappa shape index (κ2) is 8.37. The van der Waals surface area contributed by atoms with Crippen molar-refractivity contribution in [2.24, 2.45) is 0 Å². The molecule has 1 fully saturated rings. The maximum Gasteiger partial charge on any atom is 0.0582 e. The molecule has 1 aliphatic heterocycles. The Morgan fingerprint density at radius 3 is 2.23 bits per heavy atom. The smallest absolute Gasteiger partial charge is 0.0582 e. The number of benzene rings is 2. The summed E-state index contributed by atoms with van der Waals surface area (Å²) in [5.74, 6) is 0. The molecule has 1 aliphatic carbocycles. The summed E-state index contributed by atoms with van der Waals surface area (Å²) in [5, 5.41) is 3.90. The number of hydrogen-bond acceptors (Lipinski definition) is 2. The standard InChI is InChI=1S/C24H32N2/c1-19-9-6-7-17-26(19)18-8-16-25-24-22-12-4-2-10-20(22)14-15-21-11-3-5-13-23(21)24/h2-5,10-13,19,24-25H,6-9,14-18H2,1H3. The van der Waals surface area contributed by atoms with Gasteiger partial charge in [-0.2, -0.15) is 0 Å². The van der Waals surface area contributed by atoms with Crippen LogP contribution in [0.1, 0.15) is 60.9 Å². The summed E-state index contributed by atoms with van der Waals surface area (Å²) in [6, 6.07) is 19.1. The van der Waals surface area contributed by atoms with Gasteiger partial charge < -0.3 is 10.2 Å². The summed E-state index contributed by atoms with van der Waals surface area (Å²) < 4.78 is 0. The molecule has 1 N–H and O–H groups in total. The molecular weight excluding hydrogens is 316 g/mol. The highest BCUT2D eigenvalue weighted by molar-refractivity contribution is 5.44. The summed E-state index contributed by atoms with van der Waals surface area (Å²) in [5.41, 5.74) is 5.96. The molecule has 2 nitrogen and oxygen atoms in total. The van der Waals surface area contributed by atoms with Gasteiger partial charge in [0, 0.05) is 6.04 Å². The van der Waals surface area contributed by atoms with Crippen molar-refractivity contribution in [2.75, 3.05) is 19.6 Å². The summed E-state index contributed by atoms with van der Waals surface area (Å²) >= 11 is 0. The van der Waals surface area contributed by atoms with Crippen LogP contribution in [0.5, 0.6) is 0 Å². The molecule has 1 saturated heterocycles. The molecular formula is C24H32N2. The quantitative estimate of drug-likeness (QED) is 0.786. The van der Waals surface area contributed by atoms with Crippen molar-refractivity contribution in [1.29, 1.82) is 0 Å². The van der Waals surface area contributed by atoms with E-state index in [0.717, 1.165) is 25.4 Å². The number of aryl methyl sites for hydroxylation is 2. The Balaban J connectivity index is 1.45. The number of likely N-dealkylation sites (tertiary alicyclic amines) is 1. The van der Waals surface area contributed by atoms with E-state index in [0.29, 0.717) is 6.04 Å². The van der Waals surface area contributed by atoms with Gasteiger partial charge >= 0.3 is 0 Å². The summed E-state index contributed by atoms with van der Waals surface area (Å²) in [6.45, 7) is 5.99. The van der Waals surface area contributed by atoms with Gasteiger partial charge in [0.1, 0.15) is 0 Å². The molecule has 138 valence electrons. The topological polar surface area (TPSA) is 15.3 Å². The predicted molar refractivity (Wildman–Crippen MR) is 110 cm³/mol. The minimum Gasteiger partial charge on any atom is -0.306 e. The number of nitrogens with one attached hydrogen (secondary N) is 1. The normalized spacial score (nSPS) is 21.0. The van der Waals surface area contributed by atoms with Gasteiger partial charge in [0.05, 0.1) is 6.04 Å². The number of hydrogen-bond donors (Lipinski definition) is 1. The average molecular weight is 349 g/mol. The lowest BCUT2D eigenvalue weighted by Crippen LogP contribution is -2.39. The van der Waals surface area contributed by atoms with Gasteiger partial charge in [0.2, 0.25) is 0 Å². The molecule has 2 aliphatic rings. The maximum absolute atomic E-state index is 3.90. The number of nitrogens with zero attached hydrogens (tertiary/aromatic N) is 1. The van der Waals surface area contributed by atoms with Gasteiger partial charge in [-0.25, -0.2) is 0 Å². The van der Waals surface area contributed by atoms with Gasteiger partial charge in [-0.05, 0) is 80.9 Å². The van der Waals surface area contributed by atoms with Gasteiger partial charge in [-0.15, -0.1) is 0 Å². The van der Waals surface area contributed by atoms with Crippen molar-refractivity contribution in [1.82, 2.24) is 10.2 Å². The molecule has 0 aromatic heterocycles. The number of piperidine rings is 1. The SMILES string of the molecule is CC1CCCCN1CCCNC1c2ccccc2CCc2ccccc21. The highest BCUT2D eigenvalue weighted by Gasteiger charge is 2.23. The van der Waals surface area contributed by atoms with Gasteiger partial charge in [0.15, 0.2) is 0 Å². The van der Waals surface area contributed by atoms with Crippen LogP contribution < -0.4 is 5.32 Å². The molecule has 1 unspecified atom stereocenters. The third-order valence-corrected chi connectivity index (χ3v) is 6.31. The first-order valence-electron chi connectivity index (χ1n) is 10.5. The van der Waals surface area contributed by atoms with Crippen LogP contribution in [-0.2, 0) is 12.8 Å². The van der Waals surface area contributed by atoms with E-state index in [1.165, 1.54) is 61.0 Å². The first-order valence-corrected chi connectivity index (χ1v) is 10.5. The third-order valence-electron chi connectivity index (χ3n) is 6.31. The van der Waals surface area contributed by atoms with Crippen LogP contribution >= 0.6 is 0 Å². The summed E-state index contributed by atoms with van der Waals surface area (Å²) in [6.07, 6.45) is 7.68. The fourth-order valence-electron chi connectivity index (χ4n) is 4.76. The zero-order valence-electron chi connectivity index (χ0n) is 16.1. The van der Waals surface area contributed by atoms with Crippen molar-refractivity contribution in [3.63, 3.8) is 0 Å². The average Bonchev–Trinajstić information content (AvgIpc) is 2.84. The predicted octanol–water partition coefficient (Wildman–Crippen LogP) is 4.73. The van der Waals surface area contributed by atoms with Crippen molar-refractivity contribution in [3.05, 3.63) is 70.8 Å². The van der Waals surface area contributed by atoms with Crippen LogP contribution in [-0.4, -0.2) is 30.6 Å². The van der Waals surface area contributed by atoms with Crippen LogP contribution in [0.25, 0.3) is 0 Å². The second-order valence-electron chi connectivity index (χ2n) is 8.02. The lowest BCUT2D eigenvalue weighted by molar-refractivity contribution is 0.158. The fourth-order valence-corrected chi connectivity index (χ4v) is 4.76. The Morgan fingerprint density at radius 1 is 0.923 bits per heavy atom. The van der Waals surface area contributed by atoms with Gasteiger partial charge in [-0.3, -0.25) is 0 Å². The summed E-state index contributed by atoms with van der Waals surface area (Å²) in [7, 11) is 0. The lowest BCUT2D eigenvalue weighted by atomic mass is 9.94. The van der Waals surface area contributed by atoms with Crippen LogP contribution in [0.4, 0.5) is 0 Å². The monoisotopic (exact) mass is 348 g/mol. The molecule has 26 heavy (non-hydrogen) atoms. The third kappa shape index (κ3) is 3.87. The Labute approximate surface area is 158 Å². The van der Waals surface area contributed by atoms with E-state index in [1.807, 2.05) is 0 Å². The molecule has 0 amide bonds. The maximum atomic E-state index is 3.90. The van der Waals surface area contributed by atoms with E-state index in [9.17, 15) is 0 Å². The highest BCUT2D eigenvalue weighted by Crippen LogP contribution is 2.32. The van der Waals surface area contributed by atoms with E-state index in [2.05, 4.69) is 65.7 Å². The molecule has 0 radical (unpaired) electrons. The van der Waals surface area contributed by atoms with Crippen LogP contribution in [0.2, 0.25) is 0 Å². The van der Waals surface area contributed by atoms with E-state index in [1.54, 1.807) is 0 Å². The largest absolute Gasteiger partial charge is 0.306 e. The van der Waals surface area contributed by atoms with Crippen LogP contribution in [0.15, 0.2) is 48.5 Å². The van der Waals surface area contributed by atoms with E-state index in [-0.39, 0.29) is 0 Å². The Bertz CT molecular complexity index is 676. The zero-order chi connectivity index (χ0) is 17.8. The van der Waals surface area contributed by atoms with E-state index >= 15 is 0 Å². The second-order valence-corrected chi connectivity index (χ2v) is 8.02. The molecule has 1 atom stereocenters. The molecule has 0 bridgehead atoms. The number of rotatable bonds is 5.